The highest BCUT2D eigenvalue weighted by atomic mass is 32.1. The van der Waals surface area contributed by atoms with Crippen molar-refractivity contribution >= 4 is 28.6 Å². The van der Waals surface area contributed by atoms with Crippen LogP contribution < -0.4 is 0 Å². The Morgan fingerprint density at radius 1 is 1.23 bits per heavy atom. The lowest BCUT2D eigenvalue weighted by Gasteiger charge is -2.37. The third kappa shape index (κ3) is 3.45. The molecule has 1 aliphatic rings. The van der Waals surface area contributed by atoms with Gasteiger partial charge in [0.1, 0.15) is 11.6 Å². The van der Waals surface area contributed by atoms with Gasteiger partial charge in [-0.25, -0.2) is 8.78 Å². The number of rotatable bonds is 3. The second-order valence-electron chi connectivity index (χ2n) is 7.41. The minimum Gasteiger partial charge on any atom is -0.328 e. The van der Waals surface area contributed by atoms with Crippen LogP contribution in [0, 0.1) is 11.6 Å². The zero-order chi connectivity index (χ0) is 21.7. The molecule has 0 N–H and O–H groups in total. The van der Waals surface area contributed by atoms with Gasteiger partial charge in [-0.1, -0.05) is 11.3 Å². The number of benzene rings is 1. The van der Waals surface area contributed by atoms with Gasteiger partial charge in [0.15, 0.2) is 5.01 Å². The van der Waals surface area contributed by atoms with Crippen molar-refractivity contribution in [3.05, 3.63) is 74.7 Å². The Bertz CT molecular complexity index is 1280. The van der Waals surface area contributed by atoms with Crippen LogP contribution in [0.1, 0.15) is 44.7 Å². The van der Waals surface area contributed by atoms with E-state index in [0.717, 1.165) is 33.9 Å². The van der Waals surface area contributed by atoms with Gasteiger partial charge in [-0.15, -0.1) is 21.5 Å². The minimum absolute atomic E-state index is 0.0111. The standard InChI is InChI=1S/C21H17F2N5OS2/c1-11-18-14(5-6-30-18)16(12-8-24-27(2)9-12)10-28(11)21(29)20-26-25-19(31-20)15-4-3-13(22)7-17(15)23/h3-9,11,16H,10H2,1-2H3. The Kier molecular flexibility index (Phi) is 4.90. The highest BCUT2D eigenvalue weighted by molar-refractivity contribution is 7.16. The van der Waals surface area contributed by atoms with Crippen molar-refractivity contribution in [3.63, 3.8) is 0 Å². The van der Waals surface area contributed by atoms with Crippen molar-refractivity contribution < 1.29 is 13.6 Å². The predicted molar refractivity (Wildman–Crippen MR) is 114 cm³/mol. The zero-order valence-corrected chi connectivity index (χ0v) is 18.3. The van der Waals surface area contributed by atoms with E-state index in [4.69, 9.17) is 0 Å². The predicted octanol–water partition coefficient (Wildman–Crippen LogP) is 4.63. The van der Waals surface area contributed by atoms with E-state index in [1.165, 1.54) is 11.6 Å². The van der Waals surface area contributed by atoms with Gasteiger partial charge in [0.05, 0.1) is 12.2 Å². The molecule has 0 radical (unpaired) electrons. The number of amides is 1. The topological polar surface area (TPSA) is 63.9 Å². The van der Waals surface area contributed by atoms with Crippen molar-refractivity contribution in [3.8, 4) is 10.6 Å². The molecular weight excluding hydrogens is 440 g/mol. The van der Waals surface area contributed by atoms with E-state index in [2.05, 4.69) is 21.4 Å². The lowest BCUT2D eigenvalue weighted by molar-refractivity contribution is 0.0668. The average Bonchev–Trinajstić information content (AvgIpc) is 3.48. The van der Waals surface area contributed by atoms with Crippen molar-refractivity contribution in [2.75, 3.05) is 6.54 Å². The summed E-state index contributed by atoms with van der Waals surface area (Å²) in [5.74, 6) is -1.65. The summed E-state index contributed by atoms with van der Waals surface area (Å²) >= 11 is 2.63. The van der Waals surface area contributed by atoms with Gasteiger partial charge in [0.25, 0.3) is 5.91 Å². The van der Waals surface area contributed by atoms with Gasteiger partial charge in [-0.05, 0) is 41.6 Å². The zero-order valence-electron chi connectivity index (χ0n) is 16.6. The summed E-state index contributed by atoms with van der Waals surface area (Å²) in [7, 11) is 1.86. The van der Waals surface area contributed by atoms with Crippen LogP contribution in [-0.2, 0) is 7.05 Å². The SMILES string of the molecule is CC1c2sccc2C(c2cnn(C)c2)CN1C(=O)c1nnc(-c2ccc(F)cc2F)s1. The Balaban J connectivity index is 1.47. The van der Waals surface area contributed by atoms with Crippen LogP contribution in [0.5, 0.6) is 0 Å². The maximum absolute atomic E-state index is 14.1. The summed E-state index contributed by atoms with van der Waals surface area (Å²) in [6.45, 7) is 2.48. The molecule has 1 aliphatic heterocycles. The number of halogens is 2. The lowest BCUT2D eigenvalue weighted by atomic mass is 9.88. The molecule has 0 saturated carbocycles. The number of hydrogen-bond acceptors (Lipinski definition) is 6. The number of carbonyl (C=O) groups is 1. The normalized spacial score (nSPS) is 18.3. The Morgan fingerprint density at radius 3 is 2.81 bits per heavy atom. The van der Waals surface area contributed by atoms with Crippen molar-refractivity contribution in [2.24, 2.45) is 7.05 Å². The largest absolute Gasteiger partial charge is 0.328 e. The molecule has 31 heavy (non-hydrogen) atoms. The maximum Gasteiger partial charge on any atom is 0.285 e. The van der Waals surface area contributed by atoms with Crippen molar-refractivity contribution in [1.29, 1.82) is 0 Å². The van der Waals surface area contributed by atoms with E-state index in [1.807, 2.05) is 31.7 Å². The molecule has 10 heteroatoms. The first-order valence-corrected chi connectivity index (χ1v) is 11.3. The highest BCUT2D eigenvalue weighted by Gasteiger charge is 2.37. The number of fused-ring (bicyclic) bond motifs is 1. The first-order chi connectivity index (χ1) is 14.9. The van der Waals surface area contributed by atoms with E-state index < -0.39 is 11.6 Å². The number of thiophene rings is 1. The van der Waals surface area contributed by atoms with E-state index in [9.17, 15) is 13.6 Å². The number of aryl methyl sites for hydroxylation is 1. The van der Waals surface area contributed by atoms with Gasteiger partial charge in [-0.3, -0.25) is 9.48 Å². The molecule has 4 aromatic rings. The summed E-state index contributed by atoms with van der Waals surface area (Å²) in [5.41, 5.74) is 2.37. The third-order valence-corrected chi connectivity index (χ3v) is 7.53. The molecule has 3 aromatic heterocycles. The summed E-state index contributed by atoms with van der Waals surface area (Å²) in [6.07, 6.45) is 3.79. The molecule has 0 aliphatic carbocycles. The van der Waals surface area contributed by atoms with Crippen LogP contribution in [0.2, 0.25) is 0 Å². The molecule has 5 rings (SSSR count). The second-order valence-corrected chi connectivity index (χ2v) is 9.34. The molecule has 6 nitrogen and oxygen atoms in total. The molecule has 1 aromatic carbocycles. The third-order valence-electron chi connectivity index (χ3n) is 5.49. The lowest BCUT2D eigenvalue weighted by Crippen LogP contribution is -2.40. The van der Waals surface area contributed by atoms with Crippen LogP contribution in [0.4, 0.5) is 8.78 Å². The number of aromatic nitrogens is 4. The number of nitrogens with zero attached hydrogens (tertiary/aromatic N) is 5. The highest BCUT2D eigenvalue weighted by Crippen LogP contribution is 2.43. The molecule has 158 valence electrons. The monoisotopic (exact) mass is 457 g/mol. The number of hydrogen-bond donors (Lipinski definition) is 0. The second kappa shape index (κ2) is 7.61. The molecular formula is C21H17F2N5OS2. The van der Waals surface area contributed by atoms with Crippen LogP contribution >= 0.6 is 22.7 Å². The summed E-state index contributed by atoms with van der Waals surface area (Å²) < 4.78 is 29.1. The molecule has 0 fully saturated rings. The summed E-state index contributed by atoms with van der Waals surface area (Å²) in [5, 5.41) is 14.7. The molecule has 0 saturated heterocycles. The minimum atomic E-state index is -0.735. The Hall–Kier alpha value is -2.98. The van der Waals surface area contributed by atoms with Gasteiger partial charge in [0.2, 0.25) is 5.01 Å². The van der Waals surface area contributed by atoms with Crippen molar-refractivity contribution in [1.82, 2.24) is 24.9 Å². The smallest absolute Gasteiger partial charge is 0.285 e. The van der Waals surface area contributed by atoms with Crippen LogP contribution in [0.3, 0.4) is 0 Å². The average molecular weight is 458 g/mol. The van der Waals surface area contributed by atoms with Crippen LogP contribution in [0.15, 0.2) is 42.0 Å². The van der Waals surface area contributed by atoms with Gasteiger partial charge >= 0.3 is 0 Å². The van der Waals surface area contributed by atoms with Crippen LogP contribution in [-0.4, -0.2) is 37.3 Å². The molecule has 1 amide bonds. The Morgan fingerprint density at radius 2 is 2.06 bits per heavy atom. The first-order valence-electron chi connectivity index (χ1n) is 9.58. The van der Waals surface area contributed by atoms with E-state index >= 15 is 0 Å². The fourth-order valence-electron chi connectivity index (χ4n) is 3.92. The van der Waals surface area contributed by atoms with Gasteiger partial charge < -0.3 is 4.90 Å². The van der Waals surface area contributed by atoms with Crippen LogP contribution in [0.25, 0.3) is 10.6 Å². The van der Waals surface area contributed by atoms with E-state index in [-0.39, 0.29) is 33.4 Å². The molecule has 0 spiro atoms. The molecule has 2 unspecified atom stereocenters. The number of carbonyl (C=O) groups excluding carboxylic acids is 1. The Labute approximate surface area is 184 Å². The molecule has 0 bridgehead atoms. The fourth-order valence-corrected chi connectivity index (χ4v) is 5.78. The van der Waals surface area contributed by atoms with E-state index in [0.29, 0.717) is 6.54 Å². The summed E-state index contributed by atoms with van der Waals surface area (Å²) in [4.78, 5) is 16.3. The fraction of sp³-hybridized carbons (Fsp3) is 0.238. The van der Waals surface area contributed by atoms with E-state index in [1.54, 1.807) is 20.9 Å². The maximum atomic E-state index is 14.1. The van der Waals surface area contributed by atoms with Gasteiger partial charge in [0, 0.05) is 42.2 Å². The first kappa shape index (κ1) is 20.0. The van der Waals surface area contributed by atoms with Crippen molar-refractivity contribution in [2.45, 2.75) is 18.9 Å². The summed E-state index contributed by atoms with van der Waals surface area (Å²) in [6, 6.07) is 5.24. The van der Waals surface area contributed by atoms with Gasteiger partial charge in [-0.2, -0.15) is 5.10 Å². The molecule has 4 heterocycles. The molecule has 2 atom stereocenters. The quantitative estimate of drug-likeness (QED) is 0.450.